The van der Waals surface area contributed by atoms with E-state index in [1.165, 1.54) is 17.6 Å². The molecule has 1 amide bonds. The van der Waals surface area contributed by atoms with Crippen molar-refractivity contribution in [2.45, 2.75) is 6.54 Å². The van der Waals surface area contributed by atoms with Crippen LogP contribution in [-0.4, -0.2) is 25.1 Å². The summed E-state index contributed by atoms with van der Waals surface area (Å²) in [4.78, 5) is 19.4. The molecule has 0 fully saturated rings. The number of rotatable bonds is 6. The molecular weight excluding hydrogens is 376 g/mol. The zero-order valence-corrected chi connectivity index (χ0v) is 16.2. The number of hydrogen-bond donors (Lipinski definition) is 0. The Kier molecular flexibility index (Phi) is 4.99. The fourth-order valence-corrected chi connectivity index (χ4v) is 3.99. The molecule has 0 aliphatic heterocycles. The number of carbonyl (C=O) groups excluding carboxylic acids is 1. The van der Waals surface area contributed by atoms with Crippen molar-refractivity contribution in [1.82, 2.24) is 4.98 Å². The summed E-state index contributed by atoms with van der Waals surface area (Å²) in [6.07, 6.45) is 1.48. The van der Waals surface area contributed by atoms with Gasteiger partial charge in [-0.1, -0.05) is 41.7 Å². The average molecular weight is 394 g/mol. The lowest BCUT2D eigenvalue weighted by Gasteiger charge is -2.18. The number of aromatic nitrogens is 1. The lowest BCUT2D eigenvalue weighted by atomic mass is 10.2. The maximum absolute atomic E-state index is 13.1. The van der Waals surface area contributed by atoms with Crippen molar-refractivity contribution in [3.63, 3.8) is 0 Å². The van der Waals surface area contributed by atoms with Crippen LogP contribution in [0.25, 0.3) is 10.2 Å². The summed E-state index contributed by atoms with van der Waals surface area (Å²) in [5, 5.41) is 0.544. The number of ether oxygens (including phenoxy) is 2. The molecule has 2 aromatic carbocycles. The van der Waals surface area contributed by atoms with Gasteiger partial charge in [0.15, 0.2) is 10.9 Å². The maximum Gasteiger partial charge on any atom is 0.296 e. The van der Waals surface area contributed by atoms with Gasteiger partial charge in [0.1, 0.15) is 21.7 Å². The highest BCUT2D eigenvalue weighted by Crippen LogP contribution is 2.40. The Labute approximate surface area is 165 Å². The molecule has 7 heteroatoms. The average Bonchev–Trinajstić information content (AvgIpc) is 3.41. The first kappa shape index (κ1) is 18.1. The van der Waals surface area contributed by atoms with Crippen LogP contribution in [-0.2, 0) is 6.54 Å². The zero-order valence-electron chi connectivity index (χ0n) is 15.4. The molecule has 0 aliphatic rings. The minimum atomic E-state index is -0.258. The number of furan rings is 1. The van der Waals surface area contributed by atoms with E-state index in [0.29, 0.717) is 28.7 Å². The molecule has 0 bridgehead atoms. The van der Waals surface area contributed by atoms with E-state index in [0.717, 1.165) is 10.3 Å². The predicted molar refractivity (Wildman–Crippen MR) is 108 cm³/mol. The van der Waals surface area contributed by atoms with E-state index in [1.54, 1.807) is 37.3 Å². The molecule has 6 nitrogen and oxygen atoms in total. The van der Waals surface area contributed by atoms with Gasteiger partial charge >= 0.3 is 0 Å². The molecule has 0 spiro atoms. The molecule has 28 heavy (non-hydrogen) atoms. The van der Waals surface area contributed by atoms with E-state index in [9.17, 15) is 4.79 Å². The molecule has 0 unspecified atom stereocenters. The van der Waals surface area contributed by atoms with Crippen LogP contribution in [0.1, 0.15) is 16.1 Å². The van der Waals surface area contributed by atoms with Gasteiger partial charge in [-0.25, -0.2) is 4.98 Å². The van der Waals surface area contributed by atoms with E-state index >= 15 is 0 Å². The number of fused-ring (bicyclic) bond motifs is 1. The topological polar surface area (TPSA) is 64.8 Å². The van der Waals surface area contributed by atoms with Crippen LogP contribution in [0.5, 0.6) is 11.5 Å². The number of hydrogen-bond acceptors (Lipinski definition) is 6. The second kappa shape index (κ2) is 7.74. The predicted octanol–water partition coefficient (Wildman–Crippen LogP) is 4.75. The highest BCUT2D eigenvalue weighted by molar-refractivity contribution is 7.22. The van der Waals surface area contributed by atoms with E-state index in [4.69, 9.17) is 18.9 Å². The highest BCUT2D eigenvalue weighted by atomic mass is 32.1. The van der Waals surface area contributed by atoms with Crippen molar-refractivity contribution >= 4 is 32.6 Å². The van der Waals surface area contributed by atoms with Crippen molar-refractivity contribution in [2.75, 3.05) is 19.1 Å². The van der Waals surface area contributed by atoms with Gasteiger partial charge in [0, 0.05) is 0 Å². The number of carbonyl (C=O) groups is 1. The summed E-state index contributed by atoms with van der Waals surface area (Å²) in [5.74, 6) is 1.31. The first-order chi connectivity index (χ1) is 13.7. The summed E-state index contributed by atoms with van der Waals surface area (Å²) in [6, 6.07) is 16.7. The minimum Gasteiger partial charge on any atom is -0.495 e. The Hall–Kier alpha value is -3.32. The van der Waals surface area contributed by atoms with Gasteiger partial charge in [-0.05, 0) is 29.8 Å². The van der Waals surface area contributed by atoms with Gasteiger partial charge < -0.3 is 13.9 Å². The smallest absolute Gasteiger partial charge is 0.296 e. The van der Waals surface area contributed by atoms with Crippen LogP contribution in [0.15, 0.2) is 65.3 Å². The normalized spacial score (nSPS) is 10.8. The van der Waals surface area contributed by atoms with E-state index in [2.05, 4.69) is 0 Å². The van der Waals surface area contributed by atoms with Crippen LogP contribution in [0.2, 0.25) is 0 Å². The summed E-state index contributed by atoms with van der Waals surface area (Å²) < 4.78 is 17.1. The second-order valence-electron chi connectivity index (χ2n) is 6.00. The van der Waals surface area contributed by atoms with Crippen molar-refractivity contribution < 1.29 is 18.7 Å². The molecular formula is C21H18N2O4S. The van der Waals surface area contributed by atoms with Crippen molar-refractivity contribution in [3.8, 4) is 11.5 Å². The van der Waals surface area contributed by atoms with Crippen molar-refractivity contribution in [3.05, 3.63) is 72.2 Å². The summed E-state index contributed by atoms with van der Waals surface area (Å²) in [7, 11) is 3.20. The molecule has 2 aromatic heterocycles. The van der Waals surface area contributed by atoms with Crippen LogP contribution < -0.4 is 14.4 Å². The van der Waals surface area contributed by atoms with Gasteiger partial charge in [0.2, 0.25) is 0 Å². The van der Waals surface area contributed by atoms with Gasteiger partial charge in [-0.3, -0.25) is 9.69 Å². The molecule has 0 saturated carbocycles. The standard InChI is InChI=1S/C21H18N2O4S/c1-25-15-10-11-16(26-2)19-18(15)22-21(28-19)23(13-14-7-4-3-5-8-14)20(24)17-9-6-12-27-17/h3-12H,13H2,1-2H3. The number of nitrogens with zero attached hydrogens (tertiary/aromatic N) is 2. The monoisotopic (exact) mass is 394 g/mol. The lowest BCUT2D eigenvalue weighted by Crippen LogP contribution is -2.30. The van der Waals surface area contributed by atoms with Crippen molar-refractivity contribution in [1.29, 1.82) is 0 Å². The van der Waals surface area contributed by atoms with Crippen LogP contribution in [0.4, 0.5) is 5.13 Å². The molecule has 0 saturated heterocycles. The first-order valence-electron chi connectivity index (χ1n) is 8.62. The van der Waals surface area contributed by atoms with Crippen LogP contribution in [0.3, 0.4) is 0 Å². The molecule has 0 aliphatic carbocycles. The third kappa shape index (κ3) is 3.32. The quantitative estimate of drug-likeness (QED) is 0.472. The molecule has 4 rings (SSSR count). The number of methoxy groups -OCH3 is 2. The number of benzene rings is 2. The largest absolute Gasteiger partial charge is 0.495 e. The Morgan fingerprint density at radius 1 is 1.04 bits per heavy atom. The number of thiazole rings is 1. The first-order valence-corrected chi connectivity index (χ1v) is 9.43. The Bertz CT molecular complexity index is 1050. The fraction of sp³-hybridized carbons (Fsp3) is 0.143. The van der Waals surface area contributed by atoms with Crippen molar-refractivity contribution in [2.24, 2.45) is 0 Å². The molecule has 142 valence electrons. The SMILES string of the molecule is COc1ccc(OC)c2sc(N(Cc3ccccc3)C(=O)c3ccco3)nc12. The highest BCUT2D eigenvalue weighted by Gasteiger charge is 2.25. The van der Waals surface area contributed by atoms with Gasteiger partial charge in [0.05, 0.1) is 27.0 Å². The zero-order chi connectivity index (χ0) is 19.5. The van der Waals surface area contributed by atoms with E-state index in [-0.39, 0.29) is 11.7 Å². The maximum atomic E-state index is 13.1. The summed E-state index contributed by atoms with van der Waals surface area (Å²) in [6.45, 7) is 0.366. The molecule has 0 atom stereocenters. The molecule has 0 N–H and O–H groups in total. The molecule has 0 radical (unpaired) electrons. The van der Waals surface area contributed by atoms with Crippen LogP contribution >= 0.6 is 11.3 Å². The summed E-state index contributed by atoms with van der Waals surface area (Å²) in [5.41, 5.74) is 1.65. The van der Waals surface area contributed by atoms with Gasteiger partial charge in [-0.15, -0.1) is 0 Å². The van der Waals surface area contributed by atoms with E-state index < -0.39 is 0 Å². The lowest BCUT2D eigenvalue weighted by molar-refractivity contribution is 0.0958. The third-order valence-corrected chi connectivity index (χ3v) is 5.38. The van der Waals surface area contributed by atoms with E-state index in [1.807, 2.05) is 36.4 Å². The number of anilines is 1. The Morgan fingerprint density at radius 2 is 1.79 bits per heavy atom. The second-order valence-corrected chi connectivity index (χ2v) is 6.98. The van der Waals surface area contributed by atoms with Gasteiger partial charge in [-0.2, -0.15) is 0 Å². The minimum absolute atomic E-state index is 0.258. The third-order valence-electron chi connectivity index (χ3n) is 4.29. The molecule has 4 aromatic rings. The fourth-order valence-electron chi connectivity index (χ4n) is 2.92. The summed E-state index contributed by atoms with van der Waals surface area (Å²) >= 11 is 1.38. The molecule has 2 heterocycles. The Morgan fingerprint density at radius 3 is 2.46 bits per heavy atom. The van der Waals surface area contributed by atoms with Gasteiger partial charge in [0.25, 0.3) is 5.91 Å². The Balaban J connectivity index is 1.83. The number of amides is 1. The van der Waals surface area contributed by atoms with Crippen LogP contribution in [0, 0.1) is 0 Å².